The van der Waals surface area contributed by atoms with Crippen molar-refractivity contribution in [1.29, 1.82) is 5.26 Å². The van der Waals surface area contributed by atoms with E-state index >= 15 is 0 Å². The van der Waals surface area contributed by atoms with Crippen LogP contribution in [0.5, 0.6) is 0 Å². The van der Waals surface area contributed by atoms with Gasteiger partial charge in [0.05, 0.1) is 22.9 Å². The van der Waals surface area contributed by atoms with Gasteiger partial charge in [-0.05, 0) is 75.8 Å². The normalized spacial score (nSPS) is 21.9. The third kappa shape index (κ3) is 3.93. The van der Waals surface area contributed by atoms with Gasteiger partial charge in [-0.15, -0.1) is 0 Å². The Morgan fingerprint density at radius 1 is 1.21 bits per heavy atom. The van der Waals surface area contributed by atoms with E-state index in [0.717, 1.165) is 35.1 Å². The predicted octanol–water partition coefficient (Wildman–Crippen LogP) is 3.54. The van der Waals surface area contributed by atoms with E-state index in [-0.39, 0.29) is 6.10 Å². The molecule has 2 fully saturated rings. The van der Waals surface area contributed by atoms with E-state index in [1.165, 1.54) is 0 Å². The second-order valence-electron chi connectivity index (χ2n) is 10.4. The zero-order valence-corrected chi connectivity index (χ0v) is 20.4. The summed E-state index contributed by atoms with van der Waals surface area (Å²) in [5.74, 6) is 0.469. The topological polar surface area (TPSA) is 91.8 Å². The molecule has 0 unspecified atom stereocenters. The highest BCUT2D eigenvalue weighted by molar-refractivity contribution is 6.62. The first-order valence-corrected chi connectivity index (χ1v) is 11.8. The van der Waals surface area contributed by atoms with Crippen molar-refractivity contribution >= 4 is 23.7 Å². The van der Waals surface area contributed by atoms with Crippen LogP contribution in [-0.2, 0) is 15.9 Å². The average molecular weight is 459 g/mol. The lowest BCUT2D eigenvalue weighted by atomic mass is 9.75. The van der Waals surface area contributed by atoms with Crippen LogP contribution >= 0.6 is 0 Å². The average Bonchev–Trinajstić information content (AvgIpc) is 3.43. The van der Waals surface area contributed by atoms with Crippen molar-refractivity contribution < 1.29 is 18.8 Å². The third-order valence-electron chi connectivity index (χ3n) is 7.44. The van der Waals surface area contributed by atoms with E-state index < -0.39 is 18.3 Å². The number of hydrogen-bond donors (Lipinski definition) is 1. The molecule has 0 bridgehead atoms. The Labute approximate surface area is 200 Å². The van der Waals surface area contributed by atoms with Gasteiger partial charge < -0.3 is 18.8 Å². The molecule has 8 heteroatoms. The lowest BCUT2D eigenvalue weighted by molar-refractivity contribution is 0.00578. The molecular formula is C26H30BN3O4. The summed E-state index contributed by atoms with van der Waals surface area (Å²) in [6.45, 7) is 12.3. The minimum Gasteiger partial charge on any atom is -0.435 e. The monoisotopic (exact) mass is 459 g/mol. The maximum absolute atomic E-state index is 9.82. The molecule has 1 atom stereocenters. The van der Waals surface area contributed by atoms with Crippen LogP contribution in [0.4, 0.5) is 0 Å². The highest BCUT2D eigenvalue weighted by Crippen LogP contribution is 2.37. The standard InChI is InChI=1S/C26H30BN3O4/c1-16-20(7-6-8-21(16)27-33-25(2,3)26(4,5)34-27)24-29-22-12-17(11-18(13-28)23(22)32-24)14-30-10-9-19(31)15-30/h6-8,11-12,19,31H,9-10,14-15H2,1-5H3/t19-/m1/s1. The Hall–Kier alpha value is -2.70. The van der Waals surface area contributed by atoms with Gasteiger partial charge in [0.15, 0.2) is 5.58 Å². The first kappa shape index (κ1) is 23.1. The second-order valence-corrected chi connectivity index (χ2v) is 10.4. The number of hydrogen-bond acceptors (Lipinski definition) is 7. The molecule has 176 valence electrons. The van der Waals surface area contributed by atoms with E-state index in [1.54, 1.807) is 0 Å². The third-order valence-corrected chi connectivity index (χ3v) is 7.44. The smallest absolute Gasteiger partial charge is 0.435 e. The molecule has 3 aromatic rings. The molecule has 3 heterocycles. The number of oxazole rings is 1. The fraction of sp³-hybridized carbons (Fsp3) is 0.462. The Balaban J connectivity index is 1.50. The Morgan fingerprint density at radius 2 is 1.94 bits per heavy atom. The van der Waals surface area contributed by atoms with Gasteiger partial charge in [-0.3, -0.25) is 4.90 Å². The minimum absolute atomic E-state index is 0.281. The van der Waals surface area contributed by atoms with Crippen LogP contribution in [0.25, 0.3) is 22.6 Å². The zero-order valence-electron chi connectivity index (χ0n) is 20.4. The van der Waals surface area contributed by atoms with Gasteiger partial charge in [-0.25, -0.2) is 4.98 Å². The van der Waals surface area contributed by atoms with Crippen LogP contribution in [0.15, 0.2) is 34.7 Å². The summed E-state index contributed by atoms with van der Waals surface area (Å²) in [6.07, 6.45) is 0.497. The maximum Gasteiger partial charge on any atom is 0.495 e. The van der Waals surface area contributed by atoms with Gasteiger partial charge in [0.2, 0.25) is 5.89 Å². The minimum atomic E-state index is -0.480. The van der Waals surface area contributed by atoms with Crippen molar-refractivity contribution in [2.75, 3.05) is 13.1 Å². The molecular weight excluding hydrogens is 429 g/mol. The number of rotatable bonds is 4. The highest BCUT2D eigenvalue weighted by atomic mass is 16.7. The van der Waals surface area contributed by atoms with Crippen molar-refractivity contribution in [3.63, 3.8) is 0 Å². The van der Waals surface area contributed by atoms with Crippen molar-refractivity contribution in [1.82, 2.24) is 9.88 Å². The SMILES string of the molecule is Cc1c(B2OC(C)(C)C(C)(C)O2)cccc1-c1nc2cc(CN3CC[C@@H](O)C3)cc(C#N)c2o1. The Morgan fingerprint density at radius 3 is 2.59 bits per heavy atom. The molecule has 0 radical (unpaired) electrons. The predicted molar refractivity (Wildman–Crippen MR) is 131 cm³/mol. The van der Waals surface area contributed by atoms with Crippen molar-refractivity contribution in [2.45, 2.75) is 64.9 Å². The quantitative estimate of drug-likeness (QED) is 0.597. The lowest BCUT2D eigenvalue weighted by Gasteiger charge is -2.32. The molecule has 0 amide bonds. The summed E-state index contributed by atoms with van der Waals surface area (Å²) in [6, 6.07) is 12.0. The lowest BCUT2D eigenvalue weighted by Crippen LogP contribution is -2.41. The van der Waals surface area contributed by atoms with E-state index in [4.69, 9.17) is 18.7 Å². The number of fused-ring (bicyclic) bond motifs is 1. The molecule has 2 aromatic carbocycles. The fourth-order valence-corrected chi connectivity index (χ4v) is 4.71. The van der Waals surface area contributed by atoms with E-state index in [9.17, 15) is 10.4 Å². The molecule has 2 aliphatic heterocycles. The first-order valence-electron chi connectivity index (χ1n) is 11.8. The maximum atomic E-state index is 9.82. The van der Waals surface area contributed by atoms with Crippen LogP contribution in [0, 0.1) is 18.3 Å². The Kier molecular flexibility index (Phi) is 5.57. The van der Waals surface area contributed by atoms with Crippen LogP contribution in [0.1, 0.15) is 50.8 Å². The van der Waals surface area contributed by atoms with Gasteiger partial charge in [-0.1, -0.05) is 12.1 Å². The molecule has 0 saturated carbocycles. The molecule has 0 aliphatic carbocycles. The molecule has 5 rings (SSSR count). The molecule has 7 nitrogen and oxygen atoms in total. The van der Waals surface area contributed by atoms with Crippen molar-refractivity contribution in [3.8, 4) is 17.5 Å². The second kappa shape index (κ2) is 8.21. The van der Waals surface area contributed by atoms with Crippen molar-refractivity contribution in [3.05, 3.63) is 47.0 Å². The van der Waals surface area contributed by atoms with Gasteiger partial charge in [0, 0.05) is 25.2 Å². The number of benzene rings is 2. The van der Waals surface area contributed by atoms with Crippen molar-refractivity contribution in [2.24, 2.45) is 0 Å². The summed E-state index contributed by atoms with van der Waals surface area (Å²) in [5.41, 5.74) is 4.49. The molecule has 0 spiro atoms. The Bertz CT molecular complexity index is 1280. The number of aliphatic hydroxyl groups excluding tert-OH is 1. The number of aliphatic hydroxyl groups is 1. The number of likely N-dealkylation sites (tertiary alicyclic amines) is 1. The van der Waals surface area contributed by atoms with Gasteiger partial charge >= 0.3 is 7.12 Å². The van der Waals surface area contributed by atoms with Crippen LogP contribution in [0.2, 0.25) is 0 Å². The van der Waals surface area contributed by atoms with Gasteiger partial charge in [0.25, 0.3) is 0 Å². The fourth-order valence-electron chi connectivity index (χ4n) is 4.71. The summed E-state index contributed by atoms with van der Waals surface area (Å²) in [5, 5.41) is 19.6. The molecule has 34 heavy (non-hydrogen) atoms. The van der Waals surface area contributed by atoms with Gasteiger partial charge in [-0.2, -0.15) is 5.26 Å². The molecule has 2 aliphatic rings. The molecule has 2 saturated heterocycles. The highest BCUT2D eigenvalue weighted by Gasteiger charge is 2.52. The van der Waals surface area contributed by atoms with Crippen LogP contribution < -0.4 is 5.46 Å². The number of aromatic nitrogens is 1. The van der Waals surface area contributed by atoms with Crippen LogP contribution in [0.3, 0.4) is 0 Å². The summed E-state index contributed by atoms with van der Waals surface area (Å²) < 4.78 is 18.7. The van der Waals surface area contributed by atoms with Crippen LogP contribution in [-0.4, -0.2) is 52.5 Å². The van der Waals surface area contributed by atoms with E-state index in [2.05, 4.69) is 11.0 Å². The summed E-state index contributed by atoms with van der Waals surface area (Å²) >= 11 is 0. The molecule has 1 N–H and O–H groups in total. The largest absolute Gasteiger partial charge is 0.495 e. The molecule has 1 aromatic heterocycles. The summed E-state index contributed by atoms with van der Waals surface area (Å²) in [4.78, 5) is 6.95. The zero-order chi connectivity index (χ0) is 24.3. The number of nitriles is 1. The van der Waals surface area contributed by atoms with Gasteiger partial charge in [0.1, 0.15) is 11.6 Å². The number of β-amino-alcohol motifs (C(OH)–C–C–N with tert-alkyl or cyclic N) is 1. The summed E-state index contributed by atoms with van der Waals surface area (Å²) in [7, 11) is -0.480. The van der Waals surface area contributed by atoms with E-state index in [1.807, 2.05) is 65.0 Å². The number of nitrogens with zero attached hydrogens (tertiary/aromatic N) is 3. The van der Waals surface area contributed by atoms with E-state index in [0.29, 0.717) is 35.6 Å². The first-order chi connectivity index (χ1) is 16.1.